The Morgan fingerprint density at radius 2 is 1.61 bits per heavy atom. The first-order valence-corrected chi connectivity index (χ1v) is 7.10. The number of nitro groups is 1. The SMILES string of the molecule is O=C(/C=C/c1ccc([N+](=O)[O-])cc1)c1cccc2ccccc12. The normalized spacial score (nSPS) is 11.0. The van der Waals surface area contributed by atoms with Gasteiger partial charge in [0.05, 0.1) is 4.92 Å². The van der Waals surface area contributed by atoms with Crippen LogP contribution in [0, 0.1) is 10.1 Å². The van der Waals surface area contributed by atoms with Crippen molar-refractivity contribution in [3.63, 3.8) is 0 Å². The van der Waals surface area contributed by atoms with E-state index in [0.717, 1.165) is 16.3 Å². The van der Waals surface area contributed by atoms with Crippen molar-refractivity contribution in [3.05, 3.63) is 94.0 Å². The maximum absolute atomic E-state index is 12.4. The van der Waals surface area contributed by atoms with E-state index in [0.29, 0.717) is 5.56 Å². The molecule has 0 unspecified atom stereocenters. The minimum Gasteiger partial charge on any atom is -0.289 e. The second kappa shape index (κ2) is 6.23. The van der Waals surface area contributed by atoms with E-state index in [2.05, 4.69) is 0 Å². The number of nitro benzene ring substituents is 1. The van der Waals surface area contributed by atoms with Gasteiger partial charge in [-0.2, -0.15) is 0 Å². The largest absolute Gasteiger partial charge is 0.289 e. The molecule has 23 heavy (non-hydrogen) atoms. The average Bonchev–Trinajstić information content (AvgIpc) is 2.59. The van der Waals surface area contributed by atoms with Crippen molar-refractivity contribution in [3.8, 4) is 0 Å². The van der Waals surface area contributed by atoms with E-state index < -0.39 is 4.92 Å². The van der Waals surface area contributed by atoms with Gasteiger partial charge in [-0.1, -0.05) is 48.5 Å². The van der Waals surface area contributed by atoms with E-state index in [1.165, 1.54) is 18.2 Å². The number of rotatable bonds is 4. The first kappa shape index (κ1) is 14.7. The number of nitrogens with zero attached hydrogens (tertiary/aromatic N) is 1. The number of fused-ring (bicyclic) bond motifs is 1. The van der Waals surface area contributed by atoms with Crippen molar-refractivity contribution in [2.75, 3.05) is 0 Å². The third-order valence-electron chi connectivity index (χ3n) is 3.59. The van der Waals surface area contributed by atoms with Gasteiger partial charge in [0, 0.05) is 17.7 Å². The maximum atomic E-state index is 12.4. The number of hydrogen-bond donors (Lipinski definition) is 0. The Balaban J connectivity index is 1.87. The van der Waals surface area contributed by atoms with Gasteiger partial charge in [0.1, 0.15) is 0 Å². The molecule has 3 rings (SSSR count). The van der Waals surface area contributed by atoms with E-state index in [-0.39, 0.29) is 11.5 Å². The Morgan fingerprint density at radius 3 is 2.35 bits per heavy atom. The number of hydrogen-bond acceptors (Lipinski definition) is 3. The first-order valence-electron chi connectivity index (χ1n) is 7.10. The number of carbonyl (C=O) groups excluding carboxylic acids is 1. The van der Waals surface area contributed by atoms with Crippen LogP contribution in [0.5, 0.6) is 0 Å². The second-order valence-electron chi connectivity index (χ2n) is 5.07. The Bertz CT molecular complexity index is 906. The number of ketones is 1. The Labute approximate surface area is 132 Å². The fraction of sp³-hybridized carbons (Fsp3) is 0. The smallest absolute Gasteiger partial charge is 0.269 e. The molecule has 0 atom stereocenters. The standard InChI is InChI=1S/C19H13NO3/c21-19(13-10-14-8-11-16(12-9-14)20(22)23)18-7-3-5-15-4-1-2-6-17(15)18/h1-13H/b13-10+. The minimum absolute atomic E-state index is 0.0301. The van der Waals surface area contributed by atoms with Gasteiger partial charge in [-0.15, -0.1) is 0 Å². The highest BCUT2D eigenvalue weighted by Gasteiger charge is 2.07. The number of carbonyl (C=O) groups is 1. The molecule has 0 radical (unpaired) electrons. The Morgan fingerprint density at radius 1 is 0.913 bits per heavy atom. The van der Waals surface area contributed by atoms with Crippen molar-refractivity contribution in [2.45, 2.75) is 0 Å². The fourth-order valence-corrected chi connectivity index (χ4v) is 2.41. The molecule has 112 valence electrons. The molecule has 0 aliphatic heterocycles. The van der Waals surface area contributed by atoms with Crippen molar-refractivity contribution < 1.29 is 9.72 Å². The molecule has 4 heteroatoms. The van der Waals surface area contributed by atoms with Gasteiger partial charge in [-0.3, -0.25) is 14.9 Å². The van der Waals surface area contributed by atoms with Crippen molar-refractivity contribution in [2.24, 2.45) is 0 Å². The fourth-order valence-electron chi connectivity index (χ4n) is 2.41. The summed E-state index contributed by atoms with van der Waals surface area (Å²) in [5.74, 6) is -0.0971. The molecule has 3 aromatic carbocycles. The lowest BCUT2D eigenvalue weighted by molar-refractivity contribution is -0.384. The van der Waals surface area contributed by atoms with Crippen LogP contribution in [0.1, 0.15) is 15.9 Å². The first-order chi connectivity index (χ1) is 11.1. The van der Waals surface area contributed by atoms with E-state index in [4.69, 9.17) is 0 Å². The third-order valence-corrected chi connectivity index (χ3v) is 3.59. The van der Waals surface area contributed by atoms with Gasteiger partial charge < -0.3 is 0 Å². The highest BCUT2D eigenvalue weighted by atomic mass is 16.6. The van der Waals surface area contributed by atoms with E-state index in [1.54, 1.807) is 24.3 Å². The van der Waals surface area contributed by atoms with Gasteiger partial charge in [0.15, 0.2) is 5.78 Å². The van der Waals surface area contributed by atoms with Crippen molar-refractivity contribution >= 4 is 28.3 Å². The highest BCUT2D eigenvalue weighted by molar-refractivity contribution is 6.14. The molecule has 0 fully saturated rings. The summed E-state index contributed by atoms with van der Waals surface area (Å²) in [6.45, 7) is 0. The summed E-state index contributed by atoms with van der Waals surface area (Å²) in [6, 6.07) is 19.4. The van der Waals surface area contributed by atoms with Crippen LogP contribution in [0.15, 0.2) is 72.8 Å². The molecule has 0 aromatic heterocycles. The summed E-state index contributed by atoms with van der Waals surface area (Å²) in [6.07, 6.45) is 3.15. The van der Waals surface area contributed by atoms with Gasteiger partial charge in [0.25, 0.3) is 5.69 Å². The predicted octanol–water partition coefficient (Wildman–Crippen LogP) is 4.64. The lowest BCUT2D eigenvalue weighted by Gasteiger charge is -2.02. The molecule has 0 amide bonds. The molecule has 0 saturated heterocycles. The van der Waals surface area contributed by atoms with Crippen molar-refractivity contribution in [1.29, 1.82) is 0 Å². The lowest BCUT2D eigenvalue weighted by atomic mass is 10.0. The molecule has 0 aliphatic carbocycles. The molecule has 0 N–H and O–H groups in total. The summed E-state index contributed by atoms with van der Waals surface area (Å²) in [5.41, 5.74) is 1.41. The van der Waals surface area contributed by atoms with Crippen LogP contribution in [0.4, 0.5) is 5.69 Å². The van der Waals surface area contributed by atoms with E-state index >= 15 is 0 Å². The number of benzene rings is 3. The summed E-state index contributed by atoms with van der Waals surface area (Å²) in [5, 5.41) is 12.5. The second-order valence-corrected chi connectivity index (χ2v) is 5.07. The molecule has 0 spiro atoms. The van der Waals surface area contributed by atoms with Crippen LogP contribution in [0.3, 0.4) is 0 Å². The van der Waals surface area contributed by atoms with Gasteiger partial charge >= 0.3 is 0 Å². The molecule has 0 bridgehead atoms. The van der Waals surface area contributed by atoms with E-state index in [1.807, 2.05) is 36.4 Å². The topological polar surface area (TPSA) is 60.2 Å². The predicted molar refractivity (Wildman–Crippen MR) is 90.4 cm³/mol. The van der Waals surface area contributed by atoms with Crippen LogP contribution in [0.25, 0.3) is 16.8 Å². The maximum Gasteiger partial charge on any atom is 0.269 e. The molecular weight excluding hydrogens is 290 g/mol. The zero-order chi connectivity index (χ0) is 16.2. The molecule has 0 aliphatic rings. The molecule has 0 heterocycles. The van der Waals surface area contributed by atoms with Crippen LogP contribution >= 0.6 is 0 Å². The summed E-state index contributed by atoms with van der Waals surface area (Å²) < 4.78 is 0. The summed E-state index contributed by atoms with van der Waals surface area (Å²) in [4.78, 5) is 22.6. The monoisotopic (exact) mass is 303 g/mol. The van der Waals surface area contributed by atoms with Crippen LogP contribution < -0.4 is 0 Å². The summed E-state index contributed by atoms with van der Waals surface area (Å²) in [7, 11) is 0. The molecule has 0 saturated carbocycles. The highest BCUT2D eigenvalue weighted by Crippen LogP contribution is 2.20. The van der Waals surface area contributed by atoms with Gasteiger partial charge in [-0.25, -0.2) is 0 Å². The molecule has 3 aromatic rings. The van der Waals surface area contributed by atoms with Gasteiger partial charge in [-0.05, 0) is 34.5 Å². The van der Waals surface area contributed by atoms with Gasteiger partial charge in [0.2, 0.25) is 0 Å². The van der Waals surface area contributed by atoms with Crippen LogP contribution in [-0.4, -0.2) is 10.7 Å². The lowest BCUT2D eigenvalue weighted by Crippen LogP contribution is -1.95. The van der Waals surface area contributed by atoms with Crippen molar-refractivity contribution in [1.82, 2.24) is 0 Å². The molecule has 4 nitrogen and oxygen atoms in total. The Kier molecular flexibility index (Phi) is 3.97. The number of non-ortho nitro benzene ring substituents is 1. The number of allylic oxidation sites excluding steroid dienone is 1. The zero-order valence-corrected chi connectivity index (χ0v) is 12.2. The quantitative estimate of drug-likeness (QED) is 0.305. The van der Waals surface area contributed by atoms with Crippen LogP contribution in [0.2, 0.25) is 0 Å². The zero-order valence-electron chi connectivity index (χ0n) is 12.2. The summed E-state index contributed by atoms with van der Waals surface area (Å²) >= 11 is 0. The van der Waals surface area contributed by atoms with E-state index in [9.17, 15) is 14.9 Å². The molecular formula is C19H13NO3. The minimum atomic E-state index is -0.450. The average molecular weight is 303 g/mol. The third kappa shape index (κ3) is 3.16. The Hall–Kier alpha value is -3.27. The van der Waals surface area contributed by atoms with Crippen LogP contribution in [-0.2, 0) is 0 Å².